The standard InChI is InChI=1S/C37H36F4N6O4/c1-3-24-27(38)7-6-22-16-23(48)17-25(30(22)24)32-31(39)33-26(18-42-32)34(47-11-5-8-37(40,41)28(19-47)43-29(49)4-2)45-35(44-33)51-21-36(9-10-36)20-46-12-14-50-15-13-46/h1,4,6-7,16-18,28,48H,2,5,8-15,19-21H2,(H,43,49)/t28-/m0/s1. The van der Waals surface area contributed by atoms with Gasteiger partial charge in [-0.3, -0.25) is 14.7 Å². The summed E-state index contributed by atoms with van der Waals surface area (Å²) in [6.45, 7) is 7.06. The molecule has 1 saturated carbocycles. The van der Waals surface area contributed by atoms with Crippen LogP contribution in [0.5, 0.6) is 11.8 Å². The Morgan fingerprint density at radius 2 is 1.96 bits per heavy atom. The van der Waals surface area contributed by atoms with Gasteiger partial charge in [0.05, 0.1) is 30.8 Å². The molecule has 3 aliphatic rings. The number of amides is 1. The number of halogens is 4. The molecule has 0 bridgehead atoms. The molecule has 14 heteroatoms. The van der Waals surface area contributed by atoms with Crippen molar-refractivity contribution in [3.05, 3.63) is 60.3 Å². The summed E-state index contributed by atoms with van der Waals surface area (Å²) in [5, 5.41) is 13.5. The molecule has 4 aromatic rings. The maximum Gasteiger partial charge on any atom is 0.319 e. The van der Waals surface area contributed by atoms with E-state index in [0.29, 0.717) is 18.6 Å². The van der Waals surface area contributed by atoms with Gasteiger partial charge in [0.2, 0.25) is 5.91 Å². The third-order valence-electron chi connectivity index (χ3n) is 9.87. The van der Waals surface area contributed by atoms with Crippen molar-refractivity contribution in [3.8, 4) is 35.4 Å². The van der Waals surface area contributed by atoms with Crippen molar-refractivity contribution >= 4 is 33.4 Å². The molecule has 0 unspecified atom stereocenters. The van der Waals surface area contributed by atoms with Crippen molar-refractivity contribution in [3.63, 3.8) is 0 Å². The fourth-order valence-corrected chi connectivity index (χ4v) is 6.94. The number of fused-ring (bicyclic) bond motifs is 2. The summed E-state index contributed by atoms with van der Waals surface area (Å²) in [5.74, 6) is -3.46. The second-order valence-corrected chi connectivity index (χ2v) is 13.4. The number of nitrogens with one attached hydrogen (secondary N) is 1. The Labute approximate surface area is 291 Å². The van der Waals surface area contributed by atoms with Crippen LogP contribution in [0.3, 0.4) is 0 Å². The highest BCUT2D eigenvalue weighted by atomic mass is 19.3. The number of benzene rings is 2. The Hall–Kier alpha value is -5.00. The molecule has 2 aromatic heterocycles. The van der Waals surface area contributed by atoms with Crippen LogP contribution in [-0.2, 0) is 9.53 Å². The molecule has 2 aromatic carbocycles. The van der Waals surface area contributed by atoms with Crippen LogP contribution in [-0.4, -0.2) is 95.4 Å². The molecule has 266 valence electrons. The van der Waals surface area contributed by atoms with E-state index >= 15 is 13.2 Å². The van der Waals surface area contributed by atoms with Crippen LogP contribution in [0.4, 0.5) is 23.4 Å². The molecule has 1 atom stereocenters. The molecular weight excluding hydrogens is 668 g/mol. The number of phenols is 1. The SMILES string of the molecule is C#Cc1c(F)ccc2cc(O)cc(-c3ncc4c(N5CCCC(F)(F)[C@@H](NC(=O)C=C)C5)nc(OCC5(CN6CCOCC6)CC5)nc4c3F)c12. The van der Waals surface area contributed by atoms with Crippen LogP contribution < -0.4 is 15.0 Å². The number of nitrogens with zero attached hydrogens (tertiary/aromatic N) is 5. The number of anilines is 1. The minimum atomic E-state index is -3.25. The lowest BCUT2D eigenvalue weighted by Gasteiger charge is -2.31. The normalized spacial score (nSPS) is 20.1. The van der Waals surface area contributed by atoms with Gasteiger partial charge in [-0.1, -0.05) is 18.6 Å². The van der Waals surface area contributed by atoms with E-state index in [1.807, 2.05) is 0 Å². The van der Waals surface area contributed by atoms with E-state index in [1.165, 1.54) is 24.4 Å². The van der Waals surface area contributed by atoms with Gasteiger partial charge in [-0.05, 0) is 48.9 Å². The molecule has 10 nitrogen and oxygen atoms in total. The maximum atomic E-state index is 16.9. The molecule has 2 N–H and O–H groups in total. The smallest absolute Gasteiger partial charge is 0.319 e. The lowest BCUT2D eigenvalue weighted by molar-refractivity contribution is -0.121. The largest absolute Gasteiger partial charge is 0.508 e. The Balaban J connectivity index is 1.34. The van der Waals surface area contributed by atoms with Crippen LogP contribution in [0, 0.1) is 29.4 Å². The number of aromatic hydroxyl groups is 1. The number of ether oxygens (including phenoxy) is 2. The van der Waals surface area contributed by atoms with Crippen LogP contribution in [0.25, 0.3) is 32.9 Å². The number of carbonyl (C=O) groups is 1. The quantitative estimate of drug-likeness (QED) is 0.138. The van der Waals surface area contributed by atoms with Gasteiger partial charge in [-0.2, -0.15) is 9.97 Å². The molecule has 51 heavy (non-hydrogen) atoms. The van der Waals surface area contributed by atoms with Crippen LogP contribution in [0.15, 0.2) is 43.1 Å². The Morgan fingerprint density at radius 1 is 1.18 bits per heavy atom. The molecular formula is C37H36F4N6O4. The molecule has 4 heterocycles. The van der Waals surface area contributed by atoms with E-state index in [0.717, 1.165) is 44.6 Å². The van der Waals surface area contributed by atoms with Gasteiger partial charge in [0, 0.05) is 61.7 Å². The first-order valence-corrected chi connectivity index (χ1v) is 16.8. The number of aromatic nitrogens is 3. The van der Waals surface area contributed by atoms with E-state index in [1.54, 1.807) is 4.90 Å². The van der Waals surface area contributed by atoms with E-state index in [4.69, 9.17) is 15.9 Å². The third kappa shape index (κ3) is 6.88. The van der Waals surface area contributed by atoms with Crippen LogP contribution in [0.1, 0.15) is 31.2 Å². The van der Waals surface area contributed by atoms with E-state index < -0.39 is 35.9 Å². The zero-order chi connectivity index (χ0) is 35.9. The first-order valence-electron chi connectivity index (χ1n) is 16.8. The van der Waals surface area contributed by atoms with Crippen LogP contribution in [0.2, 0.25) is 0 Å². The van der Waals surface area contributed by atoms with Gasteiger partial charge in [-0.25, -0.2) is 17.6 Å². The molecule has 2 aliphatic heterocycles. The number of alkyl halides is 2. The number of hydrogen-bond acceptors (Lipinski definition) is 9. The van der Waals surface area contributed by atoms with Crippen molar-refractivity contribution in [2.24, 2.45) is 5.41 Å². The molecule has 3 fully saturated rings. The lowest BCUT2D eigenvalue weighted by Crippen LogP contribution is -2.52. The van der Waals surface area contributed by atoms with Crippen molar-refractivity contribution < 1.29 is 36.9 Å². The Bertz CT molecular complexity index is 2060. The number of phenolic OH excluding ortho intramolecular Hbond substituents is 1. The van der Waals surface area contributed by atoms with Gasteiger partial charge in [0.1, 0.15) is 34.6 Å². The average molecular weight is 705 g/mol. The molecule has 2 saturated heterocycles. The van der Waals surface area contributed by atoms with Gasteiger partial charge in [0.15, 0.2) is 5.82 Å². The predicted octanol–water partition coefficient (Wildman–Crippen LogP) is 5.21. The summed E-state index contributed by atoms with van der Waals surface area (Å²) in [5.41, 5.74) is -0.757. The zero-order valence-corrected chi connectivity index (χ0v) is 27.7. The summed E-state index contributed by atoms with van der Waals surface area (Å²) in [6.07, 6.45) is 9.26. The van der Waals surface area contributed by atoms with E-state index in [2.05, 4.69) is 37.7 Å². The molecule has 1 amide bonds. The summed E-state index contributed by atoms with van der Waals surface area (Å²) >= 11 is 0. The monoisotopic (exact) mass is 704 g/mol. The molecule has 0 radical (unpaired) electrons. The lowest BCUT2D eigenvalue weighted by atomic mass is 9.96. The number of carbonyl (C=O) groups excluding carboxylic acids is 1. The average Bonchev–Trinajstić information content (AvgIpc) is 3.90. The summed E-state index contributed by atoms with van der Waals surface area (Å²) in [6, 6.07) is 3.43. The van der Waals surface area contributed by atoms with Crippen molar-refractivity contribution in [1.29, 1.82) is 0 Å². The van der Waals surface area contributed by atoms with Crippen LogP contribution >= 0.6 is 0 Å². The first kappa shape index (κ1) is 34.4. The summed E-state index contributed by atoms with van der Waals surface area (Å²) in [7, 11) is 0. The minimum Gasteiger partial charge on any atom is -0.508 e. The number of pyridine rings is 1. The van der Waals surface area contributed by atoms with Crippen molar-refractivity contribution in [2.45, 2.75) is 37.6 Å². The number of hydrogen-bond donors (Lipinski definition) is 2. The second-order valence-electron chi connectivity index (χ2n) is 13.4. The Morgan fingerprint density at radius 3 is 2.69 bits per heavy atom. The molecule has 0 spiro atoms. The number of rotatable bonds is 9. The highest BCUT2D eigenvalue weighted by Gasteiger charge is 2.46. The van der Waals surface area contributed by atoms with Crippen molar-refractivity contribution in [2.75, 3.05) is 57.4 Å². The number of morpholine rings is 1. The van der Waals surface area contributed by atoms with Gasteiger partial charge >= 0.3 is 6.01 Å². The van der Waals surface area contributed by atoms with E-state index in [-0.39, 0.29) is 82.2 Å². The Kier molecular flexibility index (Phi) is 9.19. The van der Waals surface area contributed by atoms with Gasteiger partial charge in [-0.15, -0.1) is 6.42 Å². The third-order valence-corrected chi connectivity index (χ3v) is 9.87. The maximum absolute atomic E-state index is 16.9. The number of terminal acetylenes is 1. The minimum absolute atomic E-state index is 0.0311. The van der Waals surface area contributed by atoms with E-state index in [9.17, 15) is 14.3 Å². The molecule has 1 aliphatic carbocycles. The zero-order valence-electron chi connectivity index (χ0n) is 27.7. The fourth-order valence-electron chi connectivity index (χ4n) is 6.94. The van der Waals surface area contributed by atoms with Gasteiger partial charge < -0.3 is 24.8 Å². The highest BCUT2D eigenvalue weighted by molar-refractivity contribution is 6.03. The second kappa shape index (κ2) is 13.6. The summed E-state index contributed by atoms with van der Waals surface area (Å²) in [4.78, 5) is 29.5. The topological polar surface area (TPSA) is 113 Å². The first-order chi connectivity index (χ1) is 24.5. The predicted molar refractivity (Wildman–Crippen MR) is 183 cm³/mol. The highest BCUT2D eigenvalue weighted by Crippen LogP contribution is 2.47. The summed E-state index contributed by atoms with van der Waals surface area (Å²) < 4.78 is 73.9. The van der Waals surface area contributed by atoms with Gasteiger partial charge in [0.25, 0.3) is 5.92 Å². The molecule has 7 rings (SSSR count). The fraction of sp³-hybridized carbons (Fsp3) is 0.405. The van der Waals surface area contributed by atoms with Crippen molar-refractivity contribution in [1.82, 2.24) is 25.2 Å².